The van der Waals surface area contributed by atoms with Gasteiger partial charge in [0.25, 0.3) is 0 Å². The highest BCUT2D eigenvalue weighted by Crippen LogP contribution is 2.29. The Hall–Kier alpha value is -1.39. The third kappa shape index (κ3) is 2.54. The second-order valence-corrected chi connectivity index (χ2v) is 4.90. The lowest BCUT2D eigenvalue weighted by Gasteiger charge is -2.35. The Morgan fingerprint density at radius 1 is 1.39 bits per heavy atom. The molecule has 0 amide bonds. The Morgan fingerprint density at radius 3 is 2.78 bits per heavy atom. The molecule has 1 aliphatic rings. The minimum absolute atomic E-state index is 0.559. The average Bonchev–Trinajstić information content (AvgIpc) is 2.38. The molecule has 4 N–H and O–H groups in total. The second kappa shape index (κ2) is 5.50. The summed E-state index contributed by atoms with van der Waals surface area (Å²) in [6.45, 7) is 1.24. The van der Waals surface area contributed by atoms with Crippen molar-refractivity contribution in [1.29, 1.82) is 0 Å². The monoisotopic (exact) mass is 248 g/mol. The Labute approximate surface area is 107 Å². The molecular formula is C14H20N2O2. The van der Waals surface area contributed by atoms with E-state index >= 15 is 0 Å². The van der Waals surface area contributed by atoms with E-state index in [1.54, 1.807) is 0 Å². The van der Waals surface area contributed by atoms with Gasteiger partial charge in [0.1, 0.15) is 5.54 Å². The van der Waals surface area contributed by atoms with Crippen LogP contribution >= 0.6 is 0 Å². The summed E-state index contributed by atoms with van der Waals surface area (Å²) in [5.74, 6) is -0.756. The molecule has 1 aliphatic carbocycles. The molecule has 1 aromatic rings. The molecule has 98 valence electrons. The van der Waals surface area contributed by atoms with Crippen LogP contribution in [0.4, 0.5) is 0 Å². The number of carboxylic acid groups (broad SMARTS) is 1. The van der Waals surface area contributed by atoms with Crippen LogP contribution in [0, 0.1) is 0 Å². The van der Waals surface area contributed by atoms with E-state index in [0.29, 0.717) is 25.9 Å². The minimum atomic E-state index is -0.816. The zero-order valence-electron chi connectivity index (χ0n) is 10.5. The van der Waals surface area contributed by atoms with Gasteiger partial charge >= 0.3 is 5.97 Å². The quantitative estimate of drug-likeness (QED) is 0.678. The Morgan fingerprint density at radius 2 is 2.11 bits per heavy atom. The van der Waals surface area contributed by atoms with E-state index < -0.39 is 11.5 Å². The molecule has 0 spiro atoms. The number of hydrogen-bond donors (Lipinski definition) is 3. The van der Waals surface area contributed by atoms with Crippen LogP contribution in [0.2, 0.25) is 0 Å². The fourth-order valence-corrected chi connectivity index (χ4v) is 2.57. The maximum atomic E-state index is 11.6. The van der Waals surface area contributed by atoms with Gasteiger partial charge in [-0.05, 0) is 43.5 Å². The summed E-state index contributed by atoms with van der Waals surface area (Å²) in [6.07, 6.45) is 2.82. The van der Waals surface area contributed by atoms with E-state index in [-0.39, 0.29) is 0 Å². The number of fused-ring (bicyclic) bond motifs is 1. The first-order valence-electron chi connectivity index (χ1n) is 6.43. The minimum Gasteiger partial charge on any atom is -0.480 e. The van der Waals surface area contributed by atoms with Crippen LogP contribution in [0.25, 0.3) is 0 Å². The average molecular weight is 248 g/mol. The van der Waals surface area contributed by atoms with Crippen molar-refractivity contribution in [3.05, 3.63) is 35.4 Å². The number of hydrogen-bond acceptors (Lipinski definition) is 3. The standard InChI is InChI=1S/C14H20N2O2/c15-8-3-9-16-14(13(17)18)7-6-11-4-1-2-5-12(11)10-14/h1-2,4-5,16H,3,6-10,15H2,(H,17,18). The van der Waals surface area contributed by atoms with Gasteiger partial charge in [-0.25, -0.2) is 0 Å². The maximum absolute atomic E-state index is 11.6. The van der Waals surface area contributed by atoms with Crippen molar-refractivity contribution in [2.24, 2.45) is 5.73 Å². The summed E-state index contributed by atoms with van der Waals surface area (Å²) in [5.41, 5.74) is 7.05. The van der Waals surface area contributed by atoms with Crippen LogP contribution in [0.1, 0.15) is 24.0 Å². The molecule has 18 heavy (non-hydrogen) atoms. The first-order chi connectivity index (χ1) is 8.68. The van der Waals surface area contributed by atoms with Crippen molar-refractivity contribution in [3.63, 3.8) is 0 Å². The number of benzene rings is 1. The zero-order valence-corrected chi connectivity index (χ0v) is 10.5. The number of carboxylic acids is 1. The summed E-state index contributed by atoms with van der Waals surface area (Å²) in [5, 5.41) is 12.7. The van der Waals surface area contributed by atoms with Crippen molar-refractivity contribution < 1.29 is 9.90 Å². The third-order valence-corrected chi connectivity index (χ3v) is 3.69. The number of rotatable bonds is 5. The van der Waals surface area contributed by atoms with Gasteiger partial charge in [0.2, 0.25) is 0 Å². The molecule has 4 nitrogen and oxygen atoms in total. The lowest BCUT2D eigenvalue weighted by atomic mass is 9.78. The van der Waals surface area contributed by atoms with E-state index in [1.165, 1.54) is 5.56 Å². The fourth-order valence-electron chi connectivity index (χ4n) is 2.57. The summed E-state index contributed by atoms with van der Waals surface area (Å²) in [6, 6.07) is 8.09. The largest absolute Gasteiger partial charge is 0.480 e. The Balaban J connectivity index is 2.16. The molecule has 1 atom stereocenters. The zero-order chi connectivity index (χ0) is 13.0. The third-order valence-electron chi connectivity index (χ3n) is 3.69. The SMILES string of the molecule is NCCCNC1(C(=O)O)CCc2ccccc2C1. The predicted molar refractivity (Wildman–Crippen MR) is 70.5 cm³/mol. The van der Waals surface area contributed by atoms with Crippen LogP contribution in [0.15, 0.2) is 24.3 Å². The smallest absolute Gasteiger partial charge is 0.324 e. The highest BCUT2D eigenvalue weighted by Gasteiger charge is 2.40. The number of carbonyl (C=O) groups is 1. The van der Waals surface area contributed by atoms with Gasteiger partial charge in [-0.15, -0.1) is 0 Å². The normalized spacial score (nSPS) is 22.5. The number of nitrogens with one attached hydrogen (secondary N) is 1. The fraction of sp³-hybridized carbons (Fsp3) is 0.500. The summed E-state index contributed by atoms with van der Waals surface area (Å²) in [4.78, 5) is 11.6. The van der Waals surface area contributed by atoms with Crippen LogP contribution in [-0.2, 0) is 17.6 Å². The van der Waals surface area contributed by atoms with Gasteiger partial charge in [-0.1, -0.05) is 24.3 Å². The number of nitrogens with two attached hydrogens (primary N) is 1. The molecule has 0 bridgehead atoms. The lowest BCUT2D eigenvalue weighted by molar-refractivity contribution is -0.145. The van der Waals surface area contributed by atoms with Crippen molar-refractivity contribution in [1.82, 2.24) is 5.32 Å². The van der Waals surface area contributed by atoms with Gasteiger partial charge in [0, 0.05) is 6.42 Å². The van der Waals surface area contributed by atoms with Crippen LogP contribution in [0.3, 0.4) is 0 Å². The molecule has 2 rings (SSSR count). The molecule has 0 aliphatic heterocycles. The van der Waals surface area contributed by atoms with Gasteiger partial charge in [-0.3, -0.25) is 4.79 Å². The summed E-state index contributed by atoms with van der Waals surface area (Å²) in [7, 11) is 0. The van der Waals surface area contributed by atoms with E-state index in [2.05, 4.69) is 11.4 Å². The molecular weight excluding hydrogens is 228 g/mol. The highest BCUT2D eigenvalue weighted by atomic mass is 16.4. The van der Waals surface area contributed by atoms with Gasteiger partial charge in [0.15, 0.2) is 0 Å². The molecule has 0 heterocycles. The molecule has 1 unspecified atom stereocenters. The molecule has 0 saturated carbocycles. The molecule has 4 heteroatoms. The van der Waals surface area contributed by atoms with Gasteiger partial charge in [-0.2, -0.15) is 0 Å². The maximum Gasteiger partial charge on any atom is 0.324 e. The van der Waals surface area contributed by atoms with E-state index in [4.69, 9.17) is 5.73 Å². The second-order valence-electron chi connectivity index (χ2n) is 4.90. The first kappa shape index (κ1) is 13.1. The summed E-state index contributed by atoms with van der Waals surface area (Å²) >= 11 is 0. The molecule has 0 saturated heterocycles. The van der Waals surface area contributed by atoms with Crippen molar-refractivity contribution >= 4 is 5.97 Å². The van der Waals surface area contributed by atoms with Gasteiger partial charge in [0.05, 0.1) is 0 Å². The number of aryl methyl sites for hydroxylation is 1. The van der Waals surface area contributed by atoms with Gasteiger partial charge < -0.3 is 16.2 Å². The van der Waals surface area contributed by atoms with Crippen molar-refractivity contribution in [2.75, 3.05) is 13.1 Å². The Kier molecular flexibility index (Phi) is 3.99. The van der Waals surface area contributed by atoms with Crippen LogP contribution < -0.4 is 11.1 Å². The Bertz CT molecular complexity index is 434. The topological polar surface area (TPSA) is 75.3 Å². The van der Waals surface area contributed by atoms with Crippen LogP contribution in [-0.4, -0.2) is 29.7 Å². The lowest BCUT2D eigenvalue weighted by Crippen LogP contribution is -2.56. The van der Waals surface area contributed by atoms with E-state index in [1.807, 2.05) is 18.2 Å². The van der Waals surface area contributed by atoms with Crippen LogP contribution in [0.5, 0.6) is 0 Å². The first-order valence-corrected chi connectivity index (χ1v) is 6.43. The summed E-state index contributed by atoms with van der Waals surface area (Å²) < 4.78 is 0. The predicted octanol–water partition coefficient (Wildman–Crippen LogP) is 0.937. The molecule has 0 aromatic heterocycles. The highest BCUT2D eigenvalue weighted by molar-refractivity contribution is 5.80. The molecule has 0 radical (unpaired) electrons. The number of aliphatic carboxylic acids is 1. The van der Waals surface area contributed by atoms with Crippen molar-refractivity contribution in [2.45, 2.75) is 31.2 Å². The molecule has 0 fully saturated rings. The van der Waals surface area contributed by atoms with E-state index in [0.717, 1.165) is 18.4 Å². The molecule has 1 aromatic carbocycles. The van der Waals surface area contributed by atoms with Crippen molar-refractivity contribution in [3.8, 4) is 0 Å². The van der Waals surface area contributed by atoms with E-state index in [9.17, 15) is 9.90 Å².